The van der Waals surface area contributed by atoms with Gasteiger partial charge in [0.1, 0.15) is 5.60 Å². The molecule has 0 amide bonds. The molecule has 0 radical (unpaired) electrons. The van der Waals surface area contributed by atoms with Crippen LogP contribution >= 0.6 is 0 Å². The minimum absolute atomic E-state index is 0.0146. The van der Waals surface area contributed by atoms with E-state index in [0.717, 1.165) is 22.0 Å². The largest absolute Gasteiger partial charge is 0.460 e. The number of carbonyl (C=O) groups excluding carboxylic acids is 1. The molecule has 0 spiro atoms. The van der Waals surface area contributed by atoms with Crippen LogP contribution in [0.25, 0.3) is 0 Å². The molecule has 1 aliphatic heterocycles. The molecule has 1 aliphatic rings. The smallest absolute Gasteiger partial charge is 0.416 e. The van der Waals surface area contributed by atoms with E-state index in [2.05, 4.69) is 0 Å². The zero-order valence-corrected chi connectivity index (χ0v) is 21.1. The molecule has 0 unspecified atom stereocenters. The summed E-state index contributed by atoms with van der Waals surface area (Å²) in [5, 5.41) is 11.4. The van der Waals surface area contributed by atoms with E-state index >= 15 is 0 Å². The van der Waals surface area contributed by atoms with Gasteiger partial charge in [0.25, 0.3) is 0 Å². The van der Waals surface area contributed by atoms with E-state index in [1.807, 2.05) is 6.92 Å². The normalized spacial score (nSPS) is 24.3. The third-order valence-corrected chi connectivity index (χ3v) is 7.78. The first kappa shape index (κ1) is 27.2. The number of ether oxygens (including phenoxy) is 1. The highest BCUT2D eigenvalue weighted by Crippen LogP contribution is 2.42. The Morgan fingerprint density at radius 1 is 1.06 bits per heavy atom. The Morgan fingerprint density at radius 2 is 1.60 bits per heavy atom. The summed E-state index contributed by atoms with van der Waals surface area (Å²) in [5.41, 5.74) is -2.46. The van der Waals surface area contributed by atoms with Crippen molar-refractivity contribution in [2.75, 3.05) is 13.1 Å². The van der Waals surface area contributed by atoms with Gasteiger partial charge in [0, 0.05) is 19.0 Å². The van der Waals surface area contributed by atoms with E-state index in [1.54, 1.807) is 32.9 Å². The Kier molecular flexibility index (Phi) is 7.15. The molecule has 1 heterocycles. The molecule has 1 fully saturated rings. The fourth-order valence-corrected chi connectivity index (χ4v) is 5.89. The van der Waals surface area contributed by atoms with E-state index in [9.17, 15) is 31.5 Å². The molecule has 6 nitrogen and oxygen atoms in total. The summed E-state index contributed by atoms with van der Waals surface area (Å²) in [7, 11) is -4.07. The topological polar surface area (TPSA) is 83.9 Å². The lowest BCUT2D eigenvalue weighted by atomic mass is 9.73. The Morgan fingerprint density at radius 3 is 2.09 bits per heavy atom. The quantitative estimate of drug-likeness (QED) is 0.609. The van der Waals surface area contributed by atoms with Gasteiger partial charge in [0.15, 0.2) is 0 Å². The van der Waals surface area contributed by atoms with Crippen LogP contribution in [0.5, 0.6) is 0 Å². The summed E-state index contributed by atoms with van der Waals surface area (Å²) in [6.45, 7) is 7.52. The fraction of sp³-hybridized carbons (Fsp3) is 0.480. The summed E-state index contributed by atoms with van der Waals surface area (Å²) in [6, 6.07) is 10.4. The van der Waals surface area contributed by atoms with Crippen LogP contribution in [0, 0.1) is 12.8 Å². The third kappa shape index (κ3) is 6.05. The summed E-state index contributed by atoms with van der Waals surface area (Å²) in [4.78, 5) is 13.2. The number of benzene rings is 2. The van der Waals surface area contributed by atoms with Crippen molar-refractivity contribution in [3.63, 3.8) is 0 Å². The van der Waals surface area contributed by atoms with Gasteiger partial charge < -0.3 is 9.84 Å². The highest BCUT2D eigenvalue weighted by molar-refractivity contribution is 7.89. The number of piperidine rings is 1. The molecular weight excluding hydrogens is 483 g/mol. The molecule has 1 saturated heterocycles. The average molecular weight is 514 g/mol. The summed E-state index contributed by atoms with van der Waals surface area (Å²) in [5.74, 6) is -2.90. The molecule has 10 heteroatoms. The van der Waals surface area contributed by atoms with Crippen molar-refractivity contribution in [3.8, 4) is 0 Å². The van der Waals surface area contributed by atoms with Crippen molar-refractivity contribution in [2.45, 2.75) is 62.8 Å². The second-order valence-corrected chi connectivity index (χ2v) is 12.1. The highest BCUT2D eigenvalue weighted by atomic mass is 32.2. The first-order valence-corrected chi connectivity index (χ1v) is 12.5. The van der Waals surface area contributed by atoms with Gasteiger partial charge in [-0.3, -0.25) is 4.79 Å². The SMILES string of the molecule is Cc1ccc(S(=O)(=O)N2C[C@H](c3ccc(C(F)(F)F)cc3)[C@@H](C(=O)OC(C)(C)C)[C@](C)(O)C2)cc1. The Bertz CT molecular complexity index is 1170. The van der Waals surface area contributed by atoms with E-state index in [1.165, 1.54) is 31.2 Å². The van der Waals surface area contributed by atoms with Gasteiger partial charge in [0.2, 0.25) is 10.0 Å². The third-order valence-electron chi connectivity index (χ3n) is 5.95. The molecule has 3 rings (SSSR count). The van der Waals surface area contributed by atoms with Gasteiger partial charge in [0.05, 0.1) is 22.0 Å². The van der Waals surface area contributed by atoms with Crippen molar-refractivity contribution in [1.82, 2.24) is 4.31 Å². The highest BCUT2D eigenvalue weighted by Gasteiger charge is 2.52. The Hall–Kier alpha value is -2.43. The number of β-amino-alcohol motifs (C(OH)–C–C–N with tert-alkyl or cyclic N) is 1. The van der Waals surface area contributed by atoms with Gasteiger partial charge in [-0.1, -0.05) is 29.8 Å². The number of carbonyl (C=O) groups is 1. The second kappa shape index (κ2) is 9.22. The lowest BCUT2D eigenvalue weighted by Crippen LogP contribution is -2.59. The number of hydrogen-bond donors (Lipinski definition) is 1. The zero-order chi connectivity index (χ0) is 26.4. The van der Waals surface area contributed by atoms with Crippen LogP contribution < -0.4 is 0 Å². The van der Waals surface area contributed by atoms with Crippen molar-refractivity contribution in [2.24, 2.45) is 5.92 Å². The lowest BCUT2D eigenvalue weighted by molar-refractivity contribution is -0.174. The average Bonchev–Trinajstić information content (AvgIpc) is 2.71. The van der Waals surface area contributed by atoms with Gasteiger partial charge in [-0.25, -0.2) is 8.42 Å². The number of halogens is 3. The predicted octanol–water partition coefficient (Wildman–Crippen LogP) is 4.51. The number of aryl methyl sites for hydroxylation is 1. The first-order chi connectivity index (χ1) is 15.9. The Labute approximate surface area is 203 Å². The molecule has 0 bridgehead atoms. The van der Waals surface area contributed by atoms with Crippen LogP contribution in [-0.4, -0.2) is 48.1 Å². The lowest BCUT2D eigenvalue weighted by Gasteiger charge is -2.46. The molecule has 2 aromatic rings. The van der Waals surface area contributed by atoms with Gasteiger partial charge in [-0.15, -0.1) is 0 Å². The van der Waals surface area contributed by atoms with Crippen LogP contribution in [-0.2, 0) is 25.7 Å². The molecule has 1 N–H and O–H groups in total. The van der Waals surface area contributed by atoms with Crippen LogP contribution in [0.15, 0.2) is 53.4 Å². The monoisotopic (exact) mass is 513 g/mol. The van der Waals surface area contributed by atoms with Crippen LogP contribution in [0.1, 0.15) is 50.3 Å². The van der Waals surface area contributed by atoms with Crippen LogP contribution in [0.4, 0.5) is 13.2 Å². The molecule has 3 atom stereocenters. The molecule has 2 aromatic carbocycles. The van der Waals surface area contributed by atoms with Gasteiger partial charge >= 0.3 is 12.1 Å². The Balaban J connectivity index is 2.07. The standard InChI is InChI=1S/C25H30F3NO5S/c1-16-6-12-19(13-7-16)35(32,33)29-14-20(17-8-10-18(11-9-17)25(26,27)28)21(24(5,31)15-29)22(30)34-23(2,3)4/h6-13,20-21,31H,14-15H2,1-5H3/t20-,21+,24-/m1/s1. The second-order valence-electron chi connectivity index (χ2n) is 10.2. The van der Waals surface area contributed by atoms with Gasteiger partial charge in [-0.05, 0) is 64.4 Å². The van der Waals surface area contributed by atoms with Crippen LogP contribution in [0.2, 0.25) is 0 Å². The molecule has 0 aliphatic carbocycles. The minimum atomic E-state index is -4.55. The summed E-state index contributed by atoms with van der Waals surface area (Å²) in [6.07, 6.45) is -4.55. The molecular formula is C25H30F3NO5S. The maximum atomic E-state index is 13.4. The number of aliphatic hydroxyl groups is 1. The number of alkyl halides is 3. The number of hydrogen-bond acceptors (Lipinski definition) is 5. The number of esters is 1. The number of sulfonamides is 1. The first-order valence-electron chi connectivity index (χ1n) is 11.1. The van der Waals surface area contributed by atoms with Crippen molar-refractivity contribution in [3.05, 3.63) is 65.2 Å². The van der Waals surface area contributed by atoms with E-state index in [4.69, 9.17) is 4.74 Å². The minimum Gasteiger partial charge on any atom is -0.460 e. The number of rotatable bonds is 4. The van der Waals surface area contributed by atoms with Crippen LogP contribution in [0.3, 0.4) is 0 Å². The molecule has 35 heavy (non-hydrogen) atoms. The fourth-order valence-electron chi connectivity index (χ4n) is 4.32. The van der Waals surface area contributed by atoms with E-state index in [-0.39, 0.29) is 23.5 Å². The summed E-state index contributed by atoms with van der Waals surface area (Å²) < 4.78 is 72.7. The van der Waals surface area contributed by atoms with Crippen molar-refractivity contribution >= 4 is 16.0 Å². The zero-order valence-electron chi connectivity index (χ0n) is 20.3. The number of nitrogens with zero attached hydrogens (tertiary/aromatic N) is 1. The molecule has 0 saturated carbocycles. The molecule has 0 aromatic heterocycles. The summed E-state index contributed by atoms with van der Waals surface area (Å²) >= 11 is 0. The maximum absolute atomic E-state index is 13.4. The molecule has 192 valence electrons. The predicted molar refractivity (Wildman–Crippen MR) is 124 cm³/mol. The van der Waals surface area contributed by atoms with Gasteiger partial charge in [-0.2, -0.15) is 17.5 Å². The van der Waals surface area contributed by atoms with Crippen molar-refractivity contribution in [1.29, 1.82) is 0 Å². The van der Waals surface area contributed by atoms with E-state index in [0.29, 0.717) is 0 Å². The maximum Gasteiger partial charge on any atom is 0.416 e. The van der Waals surface area contributed by atoms with E-state index < -0.39 is 50.8 Å². The van der Waals surface area contributed by atoms with Crippen molar-refractivity contribution < 1.29 is 36.2 Å².